The number of benzene rings is 3. The smallest absolute Gasteiger partial charge is 0.251 e. The van der Waals surface area contributed by atoms with E-state index >= 15 is 0 Å². The van der Waals surface area contributed by atoms with Crippen molar-refractivity contribution in [2.75, 3.05) is 18.8 Å². The molecule has 408 valence electrons. The van der Waals surface area contributed by atoms with Gasteiger partial charge in [-0.25, -0.2) is 16.8 Å². The molecular weight excluding hydrogens is 1030 g/mol. The van der Waals surface area contributed by atoms with Crippen LogP contribution in [-0.2, 0) is 34.1 Å². The van der Waals surface area contributed by atoms with E-state index in [9.17, 15) is 45.6 Å². The number of thioether (sulfide) groups is 1. The second kappa shape index (κ2) is 25.9. The first-order valence-electron chi connectivity index (χ1n) is 26.4. The summed E-state index contributed by atoms with van der Waals surface area (Å²) in [6.07, 6.45) is 14.3. The van der Waals surface area contributed by atoms with E-state index in [-0.39, 0.29) is 50.1 Å². The molecule has 3 unspecified atom stereocenters. The highest BCUT2D eigenvalue weighted by Crippen LogP contribution is 2.39. The summed E-state index contributed by atoms with van der Waals surface area (Å²) in [4.78, 5) is 81.8. The lowest BCUT2D eigenvalue weighted by atomic mass is 9.79. The van der Waals surface area contributed by atoms with E-state index in [4.69, 9.17) is 0 Å². The number of sulfone groups is 2. The Morgan fingerprint density at radius 2 is 0.727 bits per heavy atom. The van der Waals surface area contributed by atoms with E-state index in [0.29, 0.717) is 78.8 Å². The standard InChI is InChI=1S/C21H25NO4S.C20H23NO4S.C20H23NO2S/c1-14-3-12-20(22-21(14)24)19(13-15-4-8-17(23)9-5-15)16-6-10-18(11-7-16)27(2,25)26;1-13-3-10-19(21-20(13)23)18(12-14-4-7-16(22)11-14)15-5-8-17(9-6-15)26(2,24)25;1-13-3-10-19(21-20(13)23)18(12-14-4-7-16(22)11-14)15-5-8-17(24-2)9-6-15/h3,6-7,10-12,15,19H,4-5,8-9,13H2,1-2H3,(H,22,24);3,5-6,8-10,14,18H,4,7,11-12H2,1-2H3,(H,21,23);3,5-6,8-10,14,18H,4,7,11-12H2,1-2H3,(H,21,23)/t;2*14-,18?/m.00/s1. The number of Topliss-reactive ketones (excluding diaryl/α,β-unsaturated/α-hetero) is 3. The Morgan fingerprint density at radius 1 is 0.429 bits per heavy atom. The van der Waals surface area contributed by atoms with Crippen LogP contribution in [0, 0.1) is 38.5 Å². The van der Waals surface area contributed by atoms with E-state index in [1.807, 2.05) is 49.4 Å². The number of hydrogen-bond donors (Lipinski definition) is 3. The summed E-state index contributed by atoms with van der Waals surface area (Å²) in [7, 11) is -6.51. The molecule has 3 fully saturated rings. The highest BCUT2D eigenvalue weighted by Gasteiger charge is 2.30. The van der Waals surface area contributed by atoms with Crippen LogP contribution in [0.15, 0.2) is 138 Å². The van der Waals surface area contributed by atoms with Crippen molar-refractivity contribution in [2.45, 2.75) is 137 Å². The molecule has 13 nitrogen and oxygen atoms in total. The van der Waals surface area contributed by atoms with Gasteiger partial charge in [0, 0.05) is 107 Å². The summed E-state index contributed by atoms with van der Waals surface area (Å²) in [6, 6.07) is 33.6. The van der Waals surface area contributed by atoms with Crippen molar-refractivity contribution in [3.63, 3.8) is 0 Å². The van der Waals surface area contributed by atoms with Gasteiger partial charge in [0.2, 0.25) is 0 Å². The third-order valence-corrected chi connectivity index (χ3v) is 18.5. The van der Waals surface area contributed by atoms with Crippen LogP contribution in [0.3, 0.4) is 0 Å². The first-order chi connectivity index (χ1) is 36.5. The zero-order valence-corrected chi connectivity index (χ0v) is 47.3. The maximum atomic E-state index is 12.1. The van der Waals surface area contributed by atoms with Crippen LogP contribution < -0.4 is 16.7 Å². The minimum atomic E-state index is -3.25. The quantitative estimate of drug-likeness (QED) is 0.0822. The Morgan fingerprint density at radius 3 is 1.01 bits per heavy atom. The molecular formula is C61H71N3O10S3. The highest BCUT2D eigenvalue weighted by molar-refractivity contribution is 7.98. The first-order valence-corrected chi connectivity index (χ1v) is 31.4. The Bertz CT molecular complexity index is 3460. The predicted octanol–water partition coefficient (Wildman–Crippen LogP) is 10.6. The van der Waals surface area contributed by atoms with Crippen LogP contribution in [0.1, 0.15) is 152 Å². The number of H-pyrrole nitrogens is 3. The molecule has 9 rings (SSSR count). The minimum Gasteiger partial charge on any atom is -0.325 e. The van der Waals surface area contributed by atoms with Crippen LogP contribution in [0.2, 0.25) is 0 Å². The SMILES string of the molecule is CSc1ccc(C(C[C@H]2CCC(=O)C2)c2ccc(C)c(=O)[nH]2)cc1.Cc1ccc(C(CC2CCC(=O)CC2)c2ccc(S(C)(=O)=O)cc2)[nH]c1=O.Cc1ccc(C(C[C@H]2CCC(=O)C2)c2ccc(S(C)(=O)=O)cc2)[nH]c1=O. The van der Waals surface area contributed by atoms with E-state index in [0.717, 1.165) is 78.7 Å². The summed E-state index contributed by atoms with van der Waals surface area (Å²) in [6.45, 7) is 5.35. The molecule has 3 N–H and O–H groups in total. The Hall–Kier alpha value is -6.23. The van der Waals surface area contributed by atoms with Crippen molar-refractivity contribution in [1.29, 1.82) is 0 Å². The molecule has 3 aliphatic rings. The van der Waals surface area contributed by atoms with Gasteiger partial charge in [-0.1, -0.05) is 54.6 Å². The number of ketones is 3. The van der Waals surface area contributed by atoms with Crippen LogP contribution in [0.4, 0.5) is 0 Å². The van der Waals surface area contributed by atoms with Gasteiger partial charge < -0.3 is 15.0 Å². The fraction of sp³-hybridized carbons (Fsp3) is 0.410. The normalized spacial score (nSPS) is 18.2. The number of hydrogen-bond acceptors (Lipinski definition) is 11. The zero-order chi connectivity index (χ0) is 55.6. The zero-order valence-electron chi connectivity index (χ0n) is 44.9. The van der Waals surface area contributed by atoms with Crippen molar-refractivity contribution >= 4 is 48.8 Å². The third kappa shape index (κ3) is 16.2. The van der Waals surface area contributed by atoms with Gasteiger partial charge in [0.1, 0.15) is 17.3 Å². The highest BCUT2D eigenvalue weighted by atomic mass is 32.2. The first kappa shape index (κ1) is 58.5. The molecule has 3 saturated carbocycles. The molecule has 3 aliphatic carbocycles. The predicted molar refractivity (Wildman–Crippen MR) is 304 cm³/mol. The largest absolute Gasteiger partial charge is 0.325 e. The molecule has 0 radical (unpaired) electrons. The number of pyridine rings is 3. The van der Waals surface area contributed by atoms with E-state index in [1.54, 1.807) is 68.1 Å². The fourth-order valence-electron chi connectivity index (χ4n) is 10.8. The molecule has 3 aromatic carbocycles. The number of rotatable bonds is 15. The van der Waals surface area contributed by atoms with Gasteiger partial charge in [-0.15, -0.1) is 11.8 Å². The molecule has 3 heterocycles. The van der Waals surface area contributed by atoms with E-state index < -0.39 is 19.7 Å². The molecule has 16 heteroatoms. The second-order valence-corrected chi connectivity index (χ2v) is 26.3. The summed E-state index contributed by atoms with van der Waals surface area (Å²) < 4.78 is 46.9. The molecule has 77 heavy (non-hydrogen) atoms. The van der Waals surface area contributed by atoms with Crippen molar-refractivity contribution in [1.82, 2.24) is 15.0 Å². The molecule has 0 amide bonds. The average molecular weight is 1100 g/mol. The topological polar surface area (TPSA) is 218 Å². The molecule has 0 spiro atoms. The molecule has 0 bridgehead atoms. The van der Waals surface area contributed by atoms with E-state index in [2.05, 4.69) is 45.5 Å². The number of carbonyl (C=O) groups excluding carboxylic acids is 3. The van der Waals surface area contributed by atoms with E-state index in [1.165, 1.54) is 23.0 Å². The molecule has 0 aliphatic heterocycles. The monoisotopic (exact) mass is 1100 g/mol. The van der Waals surface area contributed by atoms with Crippen LogP contribution in [0.5, 0.6) is 0 Å². The number of aromatic amines is 3. The van der Waals surface area contributed by atoms with Gasteiger partial charge in [0.15, 0.2) is 19.7 Å². The molecule has 0 saturated heterocycles. The second-order valence-electron chi connectivity index (χ2n) is 21.4. The van der Waals surface area contributed by atoms with Crippen molar-refractivity contribution in [3.05, 3.63) is 191 Å². The lowest BCUT2D eigenvalue weighted by Crippen LogP contribution is -2.20. The molecule has 5 atom stereocenters. The van der Waals surface area contributed by atoms with Crippen molar-refractivity contribution < 1.29 is 31.2 Å². The van der Waals surface area contributed by atoms with Gasteiger partial charge in [-0.05, 0) is 161 Å². The lowest BCUT2D eigenvalue weighted by Gasteiger charge is -2.26. The summed E-state index contributed by atoms with van der Waals surface area (Å²) in [5.74, 6) is 2.10. The lowest BCUT2D eigenvalue weighted by molar-refractivity contribution is -0.121. The fourth-order valence-corrected chi connectivity index (χ4v) is 12.4. The summed E-state index contributed by atoms with van der Waals surface area (Å²) in [5, 5.41) is 0. The van der Waals surface area contributed by atoms with Crippen LogP contribution in [0.25, 0.3) is 0 Å². The Labute approximate surface area is 456 Å². The van der Waals surface area contributed by atoms with Gasteiger partial charge in [-0.2, -0.15) is 0 Å². The third-order valence-electron chi connectivity index (χ3n) is 15.5. The van der Waals surface area contributed by atoms with Gasteiger partial charge in [0.05, 0.1) is 9.79 Å². The van der Waals surface area contributed by atoms with Gasteiger partial charge >= 0.3 is 0 Å². The maximum absolute atomic E-state index is 12.1. The summed E-state index contributed by atoms with van der Waals surface area (Å²) in [5.41, 5.74) is 7.47. The Balaban J connectivity index is 0.000000168. The number of aryl methyl sites for hydroxylation is 3. The maximum Gasteiger partial charge on any atom is 0.251 e. The van der Waals surface area contributed by atoms with Gasteiger partial charge in [0.25, 0.3) is 16.7 Å². The number of carbonyl (C=O) groups is 3. The van der Waals surface area contributed by atoms with Crippen LogP contribution in [-0.4, -0.2) is 67.9 Å². The summed E-state index contributed by atoms with van der Waals surface area (Å²) >= 11 is 1.72. The minimum absolute atomic E-state index is 0.0271. The van der Waals surface area contributed by atoms with Crippen molar-refractivity contribution in [2.24, 2.45) is 17.8 Å². The van der Waals surface area contributed by atoms with Crippen molar-refractivity contribution in [3.8, 4) is 0 Å². The van der Waals surface area contributed by atoms with Crippen LogP contribution >= 0.6 is 11.8 Å². The Kier molecular flexibility index (Phi) is 19.7. The molecule has 6 aromatic rings. The average Bonchev–Trinajstić information content (AvgIpc) is 4.03. The van der Waals surface area contributed by atoms with Gasteiger partial charge in [-0.3, -0.25) is 28.8 Å². The molecule has 3 aromatic heterocycles. The number of nitrogens with one attached hydrogen (secondary N) is 3. The number of aromatic nitrogens is 3.